The molecule has 0 aromatic heterocycles. The zero-order valence-corrected chi connectivity index (χ0v) is 12.3. The van der Waals surface area contributed by atoms with Crippen molar-refractivity contribution in [1.82, 2.24) is 0 Å². The van der Waals surface area contributed by atoms with Crippen LogP contribution in [0.4, 0.5) is 0 Å². The summed E-state index contributed by atoms with van der Waals surface area (Å²) in [5, 5.41) is 0. The second-order valence-electron chi connectivity index (χ2n) is 2.09. The fourth-order valence-corrected chi connectivity index (χ4v) is 0.813. The summed E-state index contributed by atoms with van der Waals surface area (Å²) in [5.41, 5.74) is 0. The van der Waals surface area contributed by atoms with Crippen LogP contribution in [0.15, 0.2) is 12.2 Å². The Balaban J connectivity index is 3.85. The summed E-state index contributed by atoms with van der Waals surface area (Å²) in [6.45, 7) is 0.00292. The van der Waals surface area contributed by atoms with Crippen molar-refractivity contribution in [3.63, 3.8) is 0 Å². The molecule has 0 radical (unpaired) electrons. The number of rotatable bonds is 4. The lowest BCUT2D eigenvalue weighted by Crippen LogP contribution is -2.04. The molecule has 84 valence electrons. The molecule has 0 aliphatic rings. The number of halogens is 2. The molecular formula is C10H6I2O4. The molecule has 16 heavy (non-hydrogen) atoms. The van der Waals surface area contributed by atoms with Crippen molar-refractivity contribution < 1.29 is 19.1 Å². The Morgan fingerprint density at radius 2 is 1.31 bits per heavy atom. The van der Waals surface area contributed by atoms with Gasteiger partial charge in [0.15, 0.2) is 13.2 Å². The first kappa shape index (κ1) is 15.3. The monoisotopic (exact) mass is 444 g/mol. The Hall–Kier alpha value is -0.740. The molecule has 0 aromatic rings. The van der Waals surface area contributed by atoms with Gasteiger partial charge in [0, 0.05) is 57.3 Å². The van der Waals surface area contributed by atoms with Gasteiger partial charge in [0.25, 0.3) is 0 Å². The molecule has 0 spiro atoms. The molecule has 0 aromatic carbocycles. The summed E-state index contributed by atoms with van der Waals surface area (Å²) in [7, 11) is 0. The molecule has 0 bridgehead atoms. The van der Waals surface area contributed by atoms with E-state index in [1.54, 1.807) is 0 Å². The minimum atomic E-state index is -0.643. The maximum absolute atomic E-state index is 10.9. The highest BCUT2D eigenvalue weighted by Gasteiger charge is 1.98. The van der Waals surface area contributed by atoms with Crippen LogP contribution in [0.25, 0.3) is 0 Å². The smallest absolute Gasteiger partial charge is 0.331 e. The maximum Gasteiger partial charge on any atom is 0.331 e. The second-order valence-corrected chi connectivity index (χ2v) is 3.17. The molecule has 0 saturated heterocycles. The van der Waals surface area contributed by atoms with E-state index < -0.39 is 11.9 Å². The topological polar surface area (TPSA) is 52.6 Å². The van der Waals surface area contributed by atoms with Crippen molar-refractivity contribution in [2.24, 2.45) is 0 Å². The highest BCUT2D eigenvalue weighted by atomic mass is 127. The van der Waals surface area contributed by atoms with E-state index >= 15 is 0 Å². The number of esters is 2. The highest BCUT2D eigenvalue weighted by Crippen LogP contribution is 1.85. The van der Waals surface area contributed by atoms with Crippen LogP contribution in [0.3, 0.4) is 0 Å². The van der Waals surface area contributed by atoms with E-state index in [1.807, 2.05) is 45.2 Å². The zero-order chi connectivity index (χ0) is 12.2. The first-order chi connectivity index (χ1) is 7.70. The van der Waals surface area contributed by atoms with Crippen molar-refractivity contribution in [1.29, 1.82) is 0 Å². The SMILES string of the molecule is O=C(/C=C/C(=O)OCC#CI)OCC#CI. The van der Waals surface area contributed by atoms with Gasteiger partial charge in [-0.15, -0.1) is 0 Å². The van der Waals surface area contributed by atoms with Crippen LogP contribution in [0.5, 0.6) is 0 Å². The van der Waals surface area contributed by atoms with Gasteiger partial charge in [0.1, 0.15) is 0 Å². The van der Waals surface area contributed by atoms with Crippen molar-refractivity contribution in [2.45, 2.75) is 0 Å². The number of carbonyl (C=O) groups excluding carboxylic acids is 2. The summed E-state index contributed by atoms with van der Waals surface area (Å²) in [5.74, 6) is 3.78. The van der Waals surface area contributed by atoms with Crippen molar-refractivity contribution in [3.8, 4) is 19.7 Å². The highest BCUT2D eigenvalue weighted by molar-refractivity contribution is 14.1. The third-order valence-corrected chi connectivity index (χ3v) is 1.83. The quantitative estimate of drug-likeness (QED) is 0.285. The van der Waals surface area contributed by atoms with E-state index in [9.17, 15) is 9.59 Å². The molecule has 0 amide bonds. The predicted molar refractivity (Wildman–Crippen MR) is 74.7 cm³/mol. The van der Waals surface area contributed by atoms with Gasteiger partial charge in [0.05, 0.1) is 0 Å². The van der Waals surface area contributed by atoms with E-state index in [0.29, 0.717) is 0 Å². The molecule has 0 atom stereocenters. The van der Waals surface area contributed by atoms with E-state index in [2.05, 4.69) is 29.2 Å². The van der Waals surface area contributed by atoms with Crippen molar-refractivity contribution in [3.05, 3.63) is 12.2 Å². The minimum absolute atomic E-state index is 0.00146. The Morgan fingerprint density at radius 3 is 1.62 bits per heavy atom. The van der Waals surface area contributed by atoms with Gasteiger partial charge in [-0.2, -0.15) is 0 Å². The third-order valence-electron chi connectivity index (χ3n) is 1.06. The molecule has 0 unspecified atom stereocenters. The summed E-state index contributed by atoms with van der Waals surface area (Å²) < 4.78 is 14.3. The predicted octanol–water partition coefficient (Wildman–Crippen LogP) is 1.42. The average molecular weight is 444 g/mol. The van der Waals surface area contributed by atoms with Crippen LogP contribution in [0.2, 0.25) is 0 Å². The maximum atomic E-state index is 10.9. The number of hydrogen-bond acceptors (Lipinski definition) is 4. The fraction of sp³-hybridized carbons (Fsp3) is 0.200. The number of hydrogen-bond donors (Lipinski definition) is 0. The number of carbonyl (C=O) groups is 2. The summed E-state index contributed by atoms with van der Waals surface area (Å²) >= 11 is 3.65. The van der Waals surface area contributed by atoms with Crippen LogP contribution >= 0.6 is 45.2 Å². The number of ether oxygens (including phenoxy) is 2. The largest absolute Gasteiger partial charge is 0.449 e. The molecule has 0 heterocycles. The zero-order valence-electron chi connectivity index (χ0n) is 7.96. The molecule has 0 aliphatic carbocycles. The first-order valence-electron chi connectivity index (χ1n) is 3.89. The molecule has 0 aliphatic heterocycles. The van der Waals surface area contributed by atoms with Crippen LogP contribution in [0, 0.1) is 19.7 Å². The first-order valence-corrected chi connectivity index (χ1v) is 6.05. The minimum Gasteiger partial charge on any atom is -0.449 e. The van der Waals surface area contributed by atoms with Gasteiger partial charge in [-0.05, 0) is 7.85 Å². The lowest BCUT2D eigenvalue weighted by atomic mass is 10.5. The average Bonchev–Trinajstić information content (AvgIpc) is 2.27. The Bertz CT molecular complexity index is 355. The molecule has 0 rings (SSSR count). The van der Waals surface area contributed by atoms with Crippen molar-refractivity contribution in [2.75, 3.05) is 13.2 Å². The van der Waals surface area contributed by atoms with E-state index in [0.717, 1.165) is 12.2 Å². The molecule has 0 fully saturated rings. The Morgan fingerprint density at radius 1 is 0.938 bits per heavy atom. The van der Waals surface area contributed by atoms with Gasteiger partial charge in [-0.1, -0.05) is 11.8 Å². The van der Waals surface area contributed by atoms with Gasteiger partial charge in [0.2, 0.25) is 0 Å². The van der Waals surface area contributed by atoms with Crippen LogP contribution < -0.4 is 0 Å². The van der Waals surface area contributed by atoms with Gasteiger partial charge in [-0.25, -0.2) is 9.59 Å². The van der Waals surface area contributed by atoms with Gasteiger partial charge in [-0.3, -0.25) is 0 Å². The van der Waals surface area contributed by atoms with E-state index in [4.69, 9.17) is 0 Å². The summed E-state index contributed by atoms with van der Waals surface area (Å²) in [6, 6.07) is 0. The molecular weight excluding hydrogens is 438 g/mol. The lowest BCUT2D eigenvalue weighted by Gasteiger charge is -1.95. The third kappa shape index (κ3) is 9.80. The molecule has 6 heteroatoms. The normalized spacial score (nSPS) is 8.38. The standard InChI is InChI=1S/C10H6I2O4/c11-5-1-7-15-9(13)3-4-10(14)16-8-2-6-12/h3-4H,7-8H2/b4-3+. The van der Waals surface area contributed by atoms with Crippen LogP contribution in [-0.2, 0) is 19.1 Å². The van der Waals surface area contributed by atoms with Gasteiger partial charge >= 0.3 is 11.9 Å². The Kier molecular flexibility index (Phi) is 10.3. The molecule has 0 N–H and O–H groups in total. The molecule has 4 nitrogen and oxygen atoms in total. The van der Waals surface area contributed by atoms with Crippen LogP contribution in [0.1, 0.15) is 0 Å². The molecule has 0 saturated carbocycles. The van der Waals surface area contributed by atoms with Crippen molar-refractivity contribution >= 4 is 57.1 Å². The second kappa shape index (κ2) is 10.8. The van der Waals surface area contributed by atoms with Gasteiger partial charge < -0.3 is 9.47 Å². The fourth-order valence-electron chi connectivity index (χ4n) is 0.501. The Labute approximate surface area is 120 Å². The lowest BCUT2D eigenvalue weighted by molar-refractivity contribution is -0.139. The summed E-state index contributed by atoms with van der Waals surface area (Å²) in [4.78, 5) is 21.9. The van der Waals surface area contributed by atoms with E-state index in [-0.39, 0.29) is 13.2 Å². The van der Waals surface area contributed by atoms with Crippen LogP contribution in [-0.4, -0.2) is 25.2 Å². The summed E-state index contributed by atoms with van der Waals surface area (Å²) in [6.07, 6.45) is 1.96. The van der Waals surface area contributed by atoms with E-state index in [1.165, 1.54) is 0 Å².